The third-order valence-electron chi connectivity index (χ3n) is 5.23. The molecule has 2 aliphatic rings. The minimum absolute atomic E-state index is 0.242. The van der Waals surface area contributed by atoms with Gasteiger partial charge in [0.05, 0.1) is 0 Å². The van der Waals surface area contributed by atoms with Gasteiger partial charge in [-0.05, 0) is 31.0 Å². The molecule has 26 heavy (non-hydrogen) atoms. The normalized spacial score (nSPS) is 18.9. The molecule has 7 heteroatoms. The van der Waals surface area contributed by atoms with Crippen LogP contribution in [0, 0.1) is 11.7 Å². The van der Waals surface area contributed by atoms with Gasteiger partial charge in [0.2, 0.25) is 5.91 Å². The van der Waals surface area contributed by atoms with Crippen molar-refractivity contribution in [3.63, 3.8) is 0 Å². The topological polar surface area (TPSA) is 52.7 Å². The minimum atomic E-state index is -0.437. The van der Waals surface area contributed by atoms with Gasteiger partial charge in [0, 0.05) is 55.2 Å². The lowest BCUT2D eigenvalue weighted by Gasteiger charge is -2.36. The summed E-state index contributed by atoms with van der Waals surface area (Å²) in [5.74, 6) is -0.147. The zero-order valence-electron chi connectivity index (χ0n) is 14.8. The third-order valence-corrected chi connectivity index (χ3v) is 5.68. The van der Waals surface area contributed by atoms with Crippen LogP contribution in [0.4, 0.5) is 4.39 Å². The summed E-state index contributed by atoms with van der Waals surface area (Å²) in [5, 5.41) is 2.83. The van der Waals surface area contributed by atoms with Crippen LogP contribution in [0.5, 0.6) is 0 Å². The van der Waals surface area contributed by atoms with E-state index in [2.05, 4.69) is 26.1 Å². The first kappa shape index (κ1) is 19.3. The van der Waals surface area contributed by atoms with Crippen LogP contribution >= 0.6 is 15.9 Å². The maximum atomic E-state index is 13.4. The third kappa shape index (κ3) is 5.04. The number of halogens is 2. The molecule has 0 atom stereocenters. The van der Waals surface area contributed by atoms with Gasteiger partial charge in [0.1, 0.15) is 5.82 Å². The smallest absolute Gasteiger partial charge is 0.251 e. The molecular weight excluding hydrogens is 401 g/mol. The van der Waals surface area contributed by atoms with E-state index in [1.54, 1.807) is 6.07 Å². The highest BCUT2D eigenvalue weighted by Gasteiger charge is 2.29. The number of rotatable bonds is 5. The molecule has 2 amide bonds. The van der Waals surface area contributed by atoms with Crippen LogP contribution in [0.2, 0.25) is 0 Å². The van der Waals surface area contributed by atoms with Crippen molar-refractivity contribution in [2.45, 2.75) is 25.7 Å². The fourth-order valence-corrected chi connectivity index (χ4v) is 4.20. The quantitative estimate of drug-likeness (QED) is 0.788. The molecule has 3 rings (SSSR count). The highest BCUT2D eigenvalue weighted by Crippen LogP contribution is 2.26. The molecule has 1 saturated heterocycles. The molecule has 1 heterocycles. The molecule has 5 nitrogen and oxygen atoms in total. The molecule has 0 unspecified atom stereocenters. The first-order valence-corrected chi connectivity index (χ1v) is 10.1. The second kappa shape index (κ2) is 8.95. The Hall–Kier alpha value is -1.47. The standard InChI is InChI=1S/C19H25BrFN3O2/c20-16-11-15(12-17(21)13-16)18(25)22-5-6-23-7-9-24(10-8-23)19(26)14-3-1-2-4-14/h11-14H,1-10H2,(H,22,25). The van der Waals surface area contributed by atoms with E-state index in [1.165, 1.54) is 25.0 Å². The summed E-state index contributed by atoms with van der Waals surface area (Å²) >= 11 is 3.19. The van der Waals surface area contributed by atoms with Crippen LogP contribution in [0.1, 0.15) is 36.0 Å². The lowest BCUT2D eigenvalue weighted by atomic mass is 10.1. The van der Waals surface area contributed by atoms with Crippen LogP contribution in [-0.4, -0.2) is 60.9 Å². The second-order valence-corrected chi connectivity index (χ2v) is 7.98. The average molecular weight is 426 g/mol. The molecule has 1 N–H and O–H groups in total. The molecule has 0 aromatic heterocycles. The number of hydrogen-bond donors (Lipinski definition) is 1. The lowest BCUT2D eigenvalue weighted by molar-refractivity contribution is -0.137. The van der Waals surface area contributed by atoms with Gasteiger partial charge in [-0.1, -0.05) is 28.8 Å². The van der Waals surface area contributed by atoms with E-state index < -0.39 is 5.82 Å². The van der Waals surface area contributed by atoms with Gasteiger partial charge in [0.25, 0.3) is 5.91 Å². The van der Waals surface area contributed by atoms with Crippen molar-refractivity contribution in [1.82, 2.24) is 15.1 Å². The Morgan fingerprint density at radius 2 is 1.81 bits per heavy atom. The van der Waals surface area contributed by atoms with Crippen LogP contribution in [-0.2, 0) is 4.79 Å². The van der Waals surface area contributed by atoms with Gasteiger partial charge >= 0.3 is 0 Å². The zero-order valence-corrected chi connectivity index (χ0v) is 16.4. The predicted molar refractivity (Wildman–Crippen MR) is 101 cm³/mol. The fourth-order valence-electron chi connectivity index (χ4n) is 3.74. The number of nitrogens with zero attached hydrogens (tertiary/aromatic N) is 2. The maximum Gasteiger partial charge on any atom is 0.251 e. The molecule has 1 aromatic carbocycles. The van der Waals surface area contributed by atoms with Gasteiger partial charge in [-0.25, -0.2) is 4.39 Å². The second-order valence-electron chi connectivity index (χ2n) is 7.06. The molecule has 1 saturated carbocycles. The van der Waals surface area contributed by atoms with E-state index in [9.17, 15) is 14.0 Å². The number of hydrogen-bond acceptors (Lipinski definition) is 3. The summed E-state index contributed by atoms with van der Waals surface area (Å²) in [6, 6.07) is 4.16. The number of carbonyl (C=O) groups is 2. The molecule has 0 radical (unpaired) electrons. The Morgan fingerprint density at radius 1 is 1.12 bits per heavy atom. The Kier molecular flexibility index (Phi) is 6.64. The number of benzene rings is 1. The van der Waals surface area contributed by atoms with E-state index in [0.717, 1.165) is 45.6 Å². The van der Waals surface area contributed by atoms with Crippen molar-refractivity contribution in [3.8, 4) is 0 Å². The molecule has 1 aliphatic carbocycles. The van der Waals surface area contributed by atoms with Gasteiger partial charge in [-0.2, -0.15) is 0 Å². The van der Waals surface area contributed by atoms with Crippen molar-refractivity contribution >= 4 is 27.7 Å². The highest BCUT2D eigenvalue weighted by atomic mass is 79.9. The van der Waals surface area contributed by atoms with E-state index in [4.69, 9.17) is 0 Å². The minimum Gasteiger partial charge on any atom is -0.351 e. The van der Waals surface area contributed by atoms with Crippen LogP contribution in [0.15, 0.2) is 22.7 Å². The summed E-state index contributed by atoms with van der Waals surface area (Å²) in [6.45, 7) is 4.43. The molecular formula is C19H25BrFN3O2. The van der Waals surface area contributed by atoms with E-state index in [0.29, 0.717) is 22.5 Å². The van der Waals surface area contributed by atoms with Gasteiger partial charge in [0.15, 0.2) is 0 Å². The van der Waals surface area contributed by atoms with Crippen LogP contribution in [0.3, 0.4) is 0 Å². The van der Waals surface area contributed by atoms with E-state index in [1.807, 2.05) is 4.90 Å². The van der Waals surface area contributed by atoms with Crippen molar-refractivity contribution in [1.29, 1.82) is 0 Å². The van der Waals surface area contributed by atoms with Crippen LogP contribution in [0.25, 0.3) is 0 Å². The van der Waals surface area contributed by atoms with Crippen molar-refractivity contribution in [2.75, 3.05) is 39.3 Å². The largest absolute Gasteiger partial charge is 0.351 e. The summed E-state index contributed by atoms with van der Waals surface area (Å²) in [7, 11) is 0. The first-order valence-electron chi connectivity index (χ1n) is 9.28. The number of amides is 2. The predicted octanol–water partition coefficient (Wildman–Crippen LogP) is 2.65. The Labute approximate surface area is 162 Å². The van der Waals surface area contributed by atoms with Crippen molar-refractivity contribution in [2.24, 2.45) is 5.92 Å². The Bertz CT molecular complexity index is 636. The fraction of sp³-hybridized carbons (Fsp3) is 0.579. The van der Waals surface area contributed by atoms with E-state index in [-0.39, 0.29) is 11.8 Å². The molecule has 0 bridgehead atoms. The number of nitrogens with one attached hydrogen (secondary N) is 1. The van der Waals surface area contributed by atoms with Gasteiger partial charge < -0.3 is 10.2 Å². The highest BCUT2D eigenvalue weighted by molar-refractivity contribution is 9.10. The lowest BCUT2D eigenvalue weighted by Crippen LogP contribution is -2.51. The molecule has 1 aliphatic heterocycles. The van der Waals surface area contributed by atoms with Crippen molar-refractivity contribution in [3.05, 3.63) is 34.1 Å². The molecule has 142 valence electrons. The molecule has 2 fully saturated rings. The van der Waals surface area contributed by atoms with E-state index >= 15 is 0 Å². The monoisotopic (exact) mass is 425 g/mol. The Morgan fingerprint density at radius 3 is 2.46 bits per heavy atom. The maximum absolute atomic E-state index is 13.4. The SMILES string of the molecule is O=C(NCCN1CCN(C(=O)C2CCCC2)CC1)c1cc(F)cc(Br)c1. The number of piperazine rings is 1. The molecule has 0 spiro atoms. The average Bonchev–Trinajstić information content (AvgIpc) is 3.15. The first-order chi connectivity index (χ1) is 12.5. The van der Waals surface area contributed by atoms with Crippen LogP contribution < -0.4 is 5.32 Å². The zero-order chi connectivity index (χ0) is 18.5. The summed E-state index contributed by atoms with van der Waals surface area (Å²) in [5.41, 5.74) is 0.309. The molecule has 1 aromatic rings. The van der Waals surface area contributed by atoms with Gasteiger partial charge in [-0.3, -0.25) is 14.5 Å². The summed E-state index contributed by atoms with van der Waals surface area (Å²) < 4.78 is 13.9. The number of carbonyl (C=O) groups excluding carboxylic acids is 2. The van der Waals surface area contributed by atoms with Gasteiger partial charge in [-0.15, -0.1) is 0 Å². The summed E-state index contributed by atoms with van der Waals surface area (Å²) in [6.07, 6.45) is 4.44. The summed E-state index contributed by atoms with van der Waals surface area (Å²) in [4.78, 5) is 28.8. The van der Waals surface area contributed by atoms with Crippen molar-refractivity contribution < 1.29 is 14.0 Å². The Balaban J connectivity index is 1.38.